The van der Waals surface area contributed by atoms with E-state index in [1.54, 1.807) is 0 Å². The number of hydrogen-bond acceptors (Lipinski definition) is 3. The summed E-state index contributed by atoms with van der Waals surface area (Å²) in [4.78, 5) is 10.7. The van der Waals surface area contributed by atoms with E-state index in [1.165, 1.54) is 18.2 Å². The van der Waals surface area contributed by atoms with Gasteiger partial charge in [-0.2, -0.15) is 0 Å². The van der Waals surface area contributed by atoms with E-state index in [2.05, 4.69) is 0 Å². The van der Waals surface area contributed by atoms with Crippen LogP contribution in [0.1, 0.15) is 23.7 Å². The van der Waals surface area contributed by atoms with Crippen LogP contribution >= 0.6 is 0 Å². The molecule has 0 atom stereocenters. The van der Waals surface area contributed by atoms with Gasteiger partial charge in [-0.25, -0.2) is 4.79 Å². The lowest BCUT2D eigenvalue weighted by Gasteiger charge is -2.07. The second kappa shape index (κ2) is 4.50. The molecule has 0 spiro atoms. The first-order valence-corrected chi connectivity index (χ1v) is 4.34. The highest BCUT2D eigenvalue weighted by Crippen LogP contribution is 2.24. The van der Waals surface area contributed by atoms with Crippen LogP contribution in [-0.2, 0) is 0 Å². The van der Waals surface area contributed by atoms with Crippen molar-refractivity contribution in [2.45, 2.75) is 13.3 Å². The van der Waals surface area contributed by atoms with Crippen molar-refractivity contribution >= 4 is 5.97 Å². The van der Waals surface area contributed by atoms with Crippen LogP contribution in [0.3, 0.4) is 0 Å². The third-order valence-electron chi connectivity index (χ3n) is 1.66. The summed E-state index contributed by atoms with van der Waals surface area (Å²) in [6.07, 6.45) is 0.786. The molecule has 0 aliphatic rings. The standard InChI is InChI=1S/C10H12O4/c1-2-5-14-9-6-7(11)3-4-8(9)10(12)13/h3-4,6,11H,2,5H2,1H3,(H,12,13). The predicted octanol–water partition coefficient (Wildman–Crippen LogP) is 1.88. The second-order valence-electron chi connectivity index (χ2n) is 2.83. The summed E-state index contributed by atoms with van der Waals surface area (Å²) >= 11 is 0. The van der Waals surface area contributed by atoms with Crippen LogP contribution in [0.25, 0.3) is 0 Å². The average molecular weight is 196 g/mol. The van der Waals surface area contributed by atoms with Gasteiger partial charge in [0.2, 0.25) is 0 Å². The van der Waals surface area contributed by atoms with Gasteiger partial charge < -0.3 is 14.9 Å². The minimum atomic E-state index is -1.06. The van der Waals surface area contributed by atoms with E-state index in [0.717, 1.165) is 6.42 Å². The maximum absolute atomic E-state index is 10.7. The van der Waals surface area contributed by atoms with E-state index in [1.807, 2.05) is 6.92 Å². The van der Waals surface area contributed by atoms with Gasteiger partial charge in [-0.1, -0.05) is 6.92 Å². The number of phenolic OH excluding ortho intramolecular Hbond substituents is 1. The van der Waals surface area contributed by atoms with Crippen molar-refractivity contribution in [3.05, 3.63) is 23.8 Å². The molecule has 0 heterocycles. The number of rotatable bonds is 4. The Hall–Kier alpha value is -1.71. The molecule has 4 nitrogen and oxygen atoms in total. The van der Waals surface area contributed by atoms with E-state index in [0.29, 0.717) is 6.61 Å². The van der Waals surface area contributed by atoms with Crippen LogP contribution < -0.4 is 4.74 Å². The molecule has 0 saturated carbocycles. The van der Waals surface area contributed by atoms with Crippen LogP contribution in [0.2, 0.25) is 0 Å². The van der Waals surface area contributed by atoms with Gasteiger partial charge in [0.15, 0.2) is 0 Å². The van der Waals surface area contributed by atoms with Gasteiger partial charge >= 0.3 is 5.97 Å². The van der Waals surface area contributed by atoms with Crippen LogP contribution in [0.15, 0.2) is 18.2 Å². The number of ether oxygens (including phenoxy) is 1. The van der Waals surface area contributed by atoms with Crippen molar-refractivity contribution in [3.63, 3.8) is 0 Å². The molecule has 0 amide bonds. The molecule has 1 aromatic rings. The monoisotopic (exact) mass is 196 g/mol. The molecule has 14 heavy (non-hydrogen) atoms. The second-order valence-corrected chi connectivity index (χ2v) is 2.83. The van der Waals surface area contributed by atoms with E-state index in [4.69, 9.17) is 14.9 Å². The molecule has 1 aromatic carbocycles. The van der Waals surface area contributed by atoms with Gasteiger partial charge in [0.05, 0.1) is 6.61 Å². The summed E-state index contributed by atoms with van der Waals surface area (Å²) < 4.78 is 5.19. The highest BCUT2D eigenvalue weighted by Gasteiger charge is 2.11. The van der Waals surface area contributed by atoms with Gasteiger partial charge in [0, 0.05) is 6.07 Å². The van der Waals surface area contributed by atoms with E-state index < -0.39 is 5.97 Å². The molecule has 0 bridgehead atoms. The van der Waals surface area contributed by atoms with Crippen LogP contribution in [0.4, 0.5) is 0 Å². The number of benzene rings is 1. The number of carboxylic acid groups (broad SMARTS) is 1. The summed E-state index contributed by atoms with van der Waals surface area (Å²) in [5.41, 5.74) is 0.0660. The first-order valence-electron chi connectivity index (χ1n) is 4.34. The number of aromatic carboxylic acids is 1. The van der Waals surface area contributed by atoms with Crippen molar-refractivity contribution in [1.82, 2.24) is 0 Å². The molecule has 0 aliphatic carbocycles. The summed E-state index contributed by atoms with van der Waals surface area (Å²) in [6.45, 7) is 2.35. The molecule has 0 saturated heterocycles. The molecule has 0 aromatic heterocycles. The Labute approximate surface area is 81.8 Å². The normalized spacial score (nSPS) is 9.79. The minimum Gasteiger partial charge on any atom is -0.508 e. The molecular formula is C10H12O4. The number of hydrogen-bond donors (Lipinski definition) is 2. The zero-order valence-corrected chi connectivity index (χ0v) is 7.86. The van der Waals surface area contributed by atoms with Crippen LogP contribution in [0.5, 0.6) is 11.5 Å². The molecule has 0 aliphatic heterocycles. The smallest absolute Gasteiger partial charge is 0.339 e. The molecule has 76 valence electrons. The van der Waals surface area contributed by atoms with Crippen molar-refractivity contribution in [2.75, 3.05) is 6.61 Å². The van der Waals surface area contributed by atoms with Crippen LogP contribution in [0, 0.1) is 0 Å². The Balaban J connectivity index is 2.97. The fourth-order valence-electron chi connectivity index (χ4n) is 1.02. The fourth-order valence-corrected chi connectivity index (χ4v) is 1.02. The Morgan fingerprint density at radius 1 is 1.50 bits per heavy atom. The van der Waals surface area contributed by atoms with Crippen molar-refractivity contribution in [3.8, 4) is 11.5 Å². The molecule has 0 radical (unpaired) electrons. The summed E-state index contributed by atoms with van der Waals surface area (Å²) in [5.74, 6) is -0.850. The van der Waals surface area contributed by atoms with Crippen molar-refractivity contribution in [1.29, 1.82) is 0 Å². The number of aromatic hydroxyl groups is 1. The fraction of sp³-hybridized carbons (Fsp3) is 0.300. The molecular weight excluding hydrogens is 184 g/mol. The lowest BCUT2D eigenvalue weighted by atomic mass is 10.2. The van der Waals surface area contributed by atoms with Crippen molar-refractivity contribution in [2.24, 2.45) is 0 Å². The van der Waals surface area contributed by atoms with E-state index >= 15 is 0 Å². The summed E-state index contributed by atoms with van der Waals surface area (Å²) in [6, 6.07) is 3.95. The Bertz CT molecular complexity index is 333. The van der Waals surface area contributed by atoms with E-state index in [9.17, 15) is 4.79 Å². The largest absolute Gasteiger partial charge is 0.508 e. The Morgan fingerprint density at radius 3 is 2.79 bits per heavy atom. The van der Waals surface area contributed by atoms with Gasteiger partial charge in [-0.3, -0.25) is 0 Å². The molecule has 4 heteroatoms. The first-order chi connectivity index (χ1) is 6.65. The van der Waals surface area contributed by atoms with Gasteiger partial charge in [0.25, 0.3) is 0 Å². The third kappa shape index (κ3) is 2.39. The predicted molar refractivity (Wildman–Crippen MR) is 50.9 cm³/mol. The number of phenols is 1. The maximum atomic E-state index is 10.7. The molecule has 0 unspecified atom stereocenters. The maximum Gasteiger partial charge on any atom is 0.339 e. The molecule has 0 fully saturated rings. The average Bonchev–Trinajstić information content (AvgIpc) is 2.14. The number of carboxylic acids is 1. The first kappa shape index (κ1) is 10.4. The summed E-state index contributed by atoms with van der Waals surface area (Å²) in [5, 5.41) is 17.9. The van der Waals surface area contributed by atoms with E-state index in [-0.39, 0.29) is 17.1 Å². The van der Waals surface area contributed by atoms with Crippen molar-refractivity contribution < 1.29 is 19.7 Å². The topological polar surface area (TPSA) is 66.8 Å². The quantitative estimate of drug-likeness (QED) is 0.771. The molecule has 2 N–H and O–H groups in total. The third-order valence-corrected chi connectivity index (χ3v) is 1.66. The Kier molecular flexibility index (Phi) is 3.34. The van der Waals surface area contributed by atoms with Gasteiger partial charge in [-0.15, -0.1) is 0 Å². The SMILES string of the molecule is CCCOc1cc(O)ccc1C(=O)O. The zero-order valence-electron chi connectivity index (χ0n) is 7.86. The Morgan fingerprint density at radius 2 is 2.21 bits per heavy atom. The lowest BCUT2D eigenvalue weighted by molar-refractivity contribution is 0.0692. The number of carbonyl (C=O) groups is 1. The minimum absolute atomic E-state index is 0.00102. The summed E-state index contributed by atoms with van der Waals surface area (Å²) in [7, 11) is 0. The zero-order chi connectivity index (χ0) is 10.6. The highest BCUT2D eigenvalue weighted by molar-refractivity contribution is 5.91. The molecule has 1 rings (SSSR count). The highest BCUT2D eigenvalue weighted by atomic mass is 16.5. The van der Waals surface area contributed by atoms with Gasteiger partial charge in [0.1, 0.15) is 17.1 Å². The van der Waals surface area contributed by atoms with Crippen LogP contribution in [-0.4, -0.2) is 22.8 Å². The lowest BCUT2D eigenvalue weighted by Crippen LogP contribution is -2.03. The van der Waals surface area contributed by atoms with Gasteiger partial charge in [-0.05, 0) is 18.6 Å².